The fraction of sp³-hybridized carbons (Fsp3) is 0.273. The molecule has 0 fully saturated rings. The molecule has 0 aliphatic carbocycles. The number of nitrogens with two attached hydrogens (primary N) is 1. The molecule has 6 heteroatoms. The number of ether oxygens (including phenoxy) is 2. The molecule has 0 radical (unpaired) electrons. The molecule has 1 aliphatic heterocycles. The van der Waals surface area contributed by atoms with Gasteiger partial charge in [-0.1, -0.05) is 10.6 Å². The number of nitrogens with zero attached hydrogens (tertiary/aromatic N) is 2. The zero-order valence-corrected chi connectivity index (χ0v) is 9.81. The van der Waals surface area contributed by atoms with Gasteiger partial charge < -0.3 is 15.2 Å². The Labute approximate surface area is 102 Å². The van der Waals surface area contributed by atoms with Gasteiger partial charge in [0.1, 0.15) is 13.2 Å². The Bertz CT molecular complexity index is 515. The van der Waals surface area contributed by atoms with Crippen molar-refractivity contribution in [2.75, 3.05) is 13.2 Å². The van der Waals surface area contributed by atoms with Gasteiger partial charge in [0.25, 0.3) is 0 Å². The van der Waals surface area contributed by atoms with Crippen molar-refractivity contribution >= 4 is 11.5 Å². The highest BCUT2D eigenvalue weighted by molar-refractivity contribution is 7.05. The van der Waals surface area contributed by atoms with Gasteiger partial charge in [-0.15, -0.1) is 5.10 Å². The number of benzene rings is 1. The van der Waals surface area contributed by atoms with E-state index >= 15 is 0 Å². The van der Waals surface area contributed by atoms with Crippen molar-refractivity contribution in [1.82, 2.24) is 9.59 Å². The first-order valence-corrected chi connectivity index (χ1v) is 6.04. The lowest BCUT2D eigenvalue weighted by Crippen LogP contribution is -2.16. The van der Waals surface area contributed by atoms with Crippen LogP contribution in [-0.4, -0.2) is 22.8 Å². The Balaban J connectivity index is 1.93. The van der Waals surface area contributed by atoms with Crippen LogP contribution in [0.5, 0.6) is 11.5 Å². The SMILES string of the molecule is NC(c1ccc2c(c1)OCCO2)c1cnns1. The largest absolute Gasteiger partial charge is 0.486 e. The molecule has 0 bridgehead atoms. The highest BCUT2D eigenvalue weighted by atomic mass is 32.1. The van der Waals surface area contributed by atoms with E-state index in [1.165, 1.54) is 11.5 Å². The summed E-state index contributed by atoms with van der Waals surface area (Å²) in [4.78, 5) is 0.932. The van der Waals surface area contributed by atoms with Crippen molar-refractivity contribution < 1.29 is 9.47 Å². The van der Waals surface area contributed by atoms with Crippen LogP contribution in [0.15, 0.2) is 24.4 Å². The van der Waals surface area contributed by atoms with Gasteiger partial charge in [-0.3, -0.25) is 0 Å². The predicted octanol–water partition coefficient (Wildman–Crippen LogP) is 1.36. The summed E-state index contributed by atoms with van der Waals surface area (Å²) >= 11 is 1.31. The molecule has 0 saturated carbocycles. The van der Waals surface area contributed by atoms with Gasteiger partial charge in [-0.05, 0) is 29.2 Å². The number of aromatic nitrogens is 2. The van der Waals surface area contributed by atoms with Crippen LogP contribution < -0.4 is 15.2 Å². The van der Waals surface area contributed by atoms with Crippen molar-refractivity contribution in [1.29, 1.82) is 0 Å². The van der Waals surface area contributed by atoms with Crippen LogP contribution >= 0.6 is 11.5 Å². The van der Waals surface area contributed by atoms with Crippen molar-refractivity contribution in [2.45, 2.75) is 6.04 Å². The number of rotatable bonds is 2. The number of hydrogen-bond donors (Lipinski definition) is 1. The van der Waals surface area contributed by atoms with Gasteiger partial charge in [0, 0.05) is 0 Å². The van der Waals surface area contributed by atoms with E-state index in [1.54, 1.807) is 6.20 Å². The summed E-state index contributed by atoms with van der Waals surface area (Å²) in [6, 6.07) is 5.53. The molecule has 0 saturated heterocycles. The van der Waals surface area contributed by atoms with E-state index in [0.717, 1.165) is 21.9 Å². The maximum Gasteiger partial charge on any atom is 0.161 e. The molecule has 0 amide bonds. The lowest BCUT2D eigenvalue weighted by atomic mass is 10.1. The topological polar surface area (TPSA) is 70.3 Å². The van der Waals surface area contributed by atoms with Crippen LogP contribution in [0, 0.1) is 0 Å². The molecule has 2 N–H and O–H groups in total. The summed E-state index contributed by atoms with van der Waals surface area (Å²) in [5, 5.41) is 3.79. The van der Waals surface area contributed by atoms with Crippen LogP contribution in [0.2, 0.25) is 0 Å². The predicted molar refractivity (Wildman–Crippen MR) is 63.4 cm³/mol. The van der Waals surface area contributed by atoms with E-state index < -0.39 is 0 Å². The van der Waals surface area contributed by atoms with E-state index in [0.29, 0.717) is 13.2 Å². The summed E-state index contributed by atoms with van der Waals surface area (Å²) in [5.74, 6) is 1.52. The highest BCUT2D eigenvalue weighted by Crippen LogP contribution is 2.33. The minimum Gasteiger partial charge on any atom is -0.486 e. The van der Waals surface area contributed by atoms with Crippen LogP contribution in [0.1, 0.15) is 16.5 Å². The molecule has 1 aromatic heterocycles. The maximum atomic E-state index is 6.13. The molecular weight excluding hydrogens is 238 g/mol. The lowest BCUT2D eigenvalue weighted by molar-refractivity contribution is 0.171. The van der Waals surface area contributed by atoms with Gasteiger partial charge >= 0.3 is 0 Å². The summed E-state index contributed by atoms with van der Waals surface area (Å²) in [7, 11) is 0. The van der Waals surface area contributed by atoms with E-state index in [-0.39, 0.29) is 6.04 Å². The van der Waals surface area contributed by atoms with E-state index in [1.807, 2.05) is 18.2 Å². The Morgan fingerprint density at radius 2 is 2.06 bits per heavy atom. The zero-order valence-electron chi connectivity index (χ0n) is 9.00. The molecule has 3 rings (SSSR count). The molecule has 2 heterocycles. The van der Waals surface area contributed by atoms with Gasteiger partial charge in [0.15, 0.2) is 11.5 Å². The Morgan fingerprint density at radius 3 is 2.82 bits per heavy atom. The first-order chi connectivity index (χ1) is 8.34. The van der Waals surface area contributed by atoms with Gasteiger partial charge in [-0.25, -0.2) is 0 Å². The third kappa shape index (κ3) is 1.96. The fourth-order valence-corrected chi connectivity index (χ4v) is 2.26. The monoisotopic (exact) mass is 249 g/mol. The first-order valence-electron chi connectivity index (χ1n) is 5.27. The van der Waals surface area contributed by atoms with Crippen molar-refractivity contribution in [2.24, 2.45) is 5.73 Å². The molecular formula is C11H11N3O2S. The third-order valence-corrected chi connectivity index (χ3v) is 3.36. The molecule has 0 spiro atoms. The standard InChI is InChI=1S/C11H11N3O2S/c12-11(10-6-13-14-17-10)7-1-2-8-9(5-7)16-4-3-15-8/h1-2,5-6,11H,3-4,12H2. The molecule has 1 atom stereocenters. The Hall–Kier alpha value is -1.66. The molecule has 2 aromatic rings. The summed E-state index contributed by atoms with van der Waals surface area (Å²) < 4.78 is 14.8. The summed E-state index contributed by atoms with van der Waals surface area (Å²) in [6.07, 6.45) is 1.69. The Morgan fingerprint density at radius 1 is 1.24 bits per heavy atom. The van der Waals surface area contributed by atoms with Crippen molar-refractivity contribution in [3.8, 4) is 11.5 Å². The van der Waals surface area contributed by atoms with E-state index in [2.05, 4.69) is 9.59 Å². The fourth-order valence-electron chi connectivity index (χ4n) is 1.73. The highest BCUT2D eigenvalue weighted by Gasteiger charge is 2.16. The zero-order chi connectivity index (χ0) is 11.7. The van der Waals surface area contributed by atoms with Crippen LogP contribution in [0.25, 0.3) is 0 Å². The van der Waals surface area contributed by atoms with Crippen LogP contribution in [0.3, 0.4) is 0 Å². The molecule has 1 unspecified atom stereocenters. The molecule has 17 heavy (non-hydrogen) atoms. The van der Waals surface area contributed by atoms with Crippen molar-refractivity contribution in [3.05, 3.63) is 34.8 Å². The average Bonchev–Trinajstić information content (AvgIpc) is 2.91. The minimum absolute atomic E-state index is 0.217. The van der Waals surface area contributed by atoms with E-state index in [4.69, 9.17) is 15.2 Å². The van der Waals surface area contributed by atoms with Gasteiger partial charge in [0.2, 0.25) is 0 Å². The van der Waals surface area contributed by atoms with Crippen molar-refractivity contribution in [3.63, 3.8) is 0 Å². The lowest BCUT2D eigenvalue weighted by Gasteiger charge is -2.20. The molecule has 1 aliphatic rings. The molecule has 1 aromatic carbocycles. The maximum absolute atomic E-state index is 6.13. The number of hydrogen-bond acceptors (Lipinski definition) is 6. The average molecular weight is 249 g/mol. The van der Waals surface area contributed by atoms with Crippen LogP contribution in [-0.2, 0) is 0 Å². The van der Waals surface area contributed by atoms with Gasteiger partial charge in [0.05, 0.1) is 17.1 Å². The quantitative estimate of drug-likeness (QED) is 0.870. The molecule has 5 nitrogen and oxygen atoms in total. The van der Waals surface area contributed by atoms with E-state index in [9.17, 15) is 0 Å². The summed E-state index contributed by atoms with van der Waals surface area (Å²) in [6.45, 7) is 1.17. The second-order valence-corrected chi connectivity index (χ2v) is 4.52. The smallest absolute Gasteiger partial charge is 0.161 e. The second-order valence-electron chi connectivity index (χ2n) is 3.70. The molecule has 88 valence electrons. The third-order valence-electron chi connectivity index (χ3n) is 2.61. The van der Waals surface area contributed by atoms with Crippen LogP contribution in [0.4, 0.5) is 0 Å². The normalized spacial score (nSPS) is 15.6. The Kier molecular flexibility index (Phi) is 2.66. The van der Waals surface area contributed by atoms with Gasteiger partial charge in [-0.2, -0.15) is 0 Å². The summed E-state index contributed by atoms with van der Waals surface area (Å²) in [5.41, 5.74) is 7.10. The second kappa shape index (κ2) is 4.31. The minimum atomic E-state index is -0.217. The first kappa shape index (κ1) is 10.5. The number of fused-ring (bicyclic) bond motifs is 1.